The number of ether oxygens (including phenoxy) is 2. The molecule has 5 rings (SSSR count). The fraction of sp³-hybridized carbons (Fsp3) is 0.190. The Balaban J connectivity index is 1.57. The molecule has 0 fully saturated rings. The van der Waals surface area contributed by atoms with Crippen molar-refractivity contribution in [2.24, 2.45) is 0 Å². The number of carbonyl (C=O) groups is 1. The van der Waals surface area contributed by atoms with Gasteiger partial charge in [0, 0.05) is 17.9 Å². The number of hydrogen-bond acceptors (Lipinski definition) is 6. The number of rotatable bonds is 4. The van der Waals surface area contributed by atoms with Crippen molar-refractivity contribution >= 4 is 33.3 Å². The zero-order valence-corrected chi connectivity index (χ0v) is 16.7. The van der Waals surface area contributed by atoms with E-state index in [1.807, 2.05) is 48.7 Å². The molecule has 1 N–H and O–H groups in total. The molecule has 146 valence electrons. The largest absolute Gasteiger partial charge is 0.497 e. The van der Waals surface area contributed by atoms with Crippen molar-refractivity contribution in [3.63, 3.8) is 0 Å². The zero-order chi connectivity index (χ0) is 20.0. The zero-order valence-electron chi connectivity index (χ0n) is 15.9. The molecule has 0 saturated carbocycles. The molecule has 29 heavy (non-hydrogen) atoms. The van der Waals surface area contributed by atoms with Crippen LogP contribution >= 0.6 is 11.3 Å². The first kappa shape index (κ1) is 17.7. The van der Waals surface area contributed by atoms with E-state index in [0.717, 1.165) is 32.8 Å². The number of nitrogens with zero attached hydrogens (tertiary/aromatic N) is 3. The Morgan fingerprint density at radius 1 is 1.10 bits per heavy atom. The molecular weight excluding hydrogens is 388 g/mol. The van der Waals surface area contributed by atoms with Crippen molar-refractivity contribution in [1.29, 1.82) is 0 Å². The molecule has 0 spiro atoms. The topological polar surface area (TPSA) is 78.3 Å². The van der Waals surface area contributed by atoms with E-state index in [1.54, 1.807) is 18.9 Å². The third-order valence-corrected chi connectivity index (χ3v) is 6.10. The Morgan fingerprint density at radius 3 is 2.62 bits per heavy atom. The smallest absolute Gasteiger partial charge is 0.226 e. The van der Waals surface area contributed by atoms with Gasteiger partial charge >= 0.3 is 0 Å². The summed E-state index contributed by atoms with van der Waals surface area (Å²) in [5.74, 6) is 2.14. The molecule has 0 radical (unpaired) electrons. The van der Waals surface area contributed by atoms with Crippen LogP contribution in [0.1, 0.15) is 23.5 Å². The van der Waals surface area contributed by atoms with E-state index in [9.17, 15) is 4.79 Å². The first-order valence-electron chi connectivity index (χ1n) is 9.13. The standard InChI is InChI=1S/C21H18N4O3S/c1-27-13-5-3-12(4-6-13)15-10-19(26)24-20-16(15)11-22-25(20)21-23-17-8-7-14(28-2)9-18(17)29-21/h3-9,11,15H,10H2,1-2H3,(H,24,26). The van der Waals surface area contributed by atoms with Gasteiger partial charge in [0.2, 0.25) is 11.0 Å². The predicted octanol–water partition coefficient (Wildman–Crippen LogP) is 3.97. The molecule has 1 aliphatic heterocycles. The van der Waals surface area contributed by atoms with E-state index in [2.05, 4.69) is 15.4 Å². The molecule has 1 aliphatic rings. The molecule has 7 nitrogen and oxygen atoms in total. The summed E-state index contributed by atoms with van der Waals surface area (Å²) < 4.78 is 13.2. The van der Waals surface area contributed by atoms with Crippen LogP contribution in [0.3, 0.4) is 0 Å². The van der Waals surface area contributed by atoms with E-state index in [-0.39, 0.29) is 11.8 Å². The Kier molecular flexibility index (Phi) is 4.21. The predicted molar refractivity (Wildman–Crippen MR) is 111 cm³/mol. The number of methoxy groups -OCH3 is 2. The molecule has 0 aliphatic carbocycles. The first-order chi connectivity index (χ1) is 14.2. The van der Waals surface area contributed by atoms with Gasteiger partial charge in [0.15, 0.2) is 0 Å². The van der Waals surface area contributed by atoms with E-state index in [4.69, 9.17) is 9.47 Å². The summed E-state index contributed by atoms with van der Waals surface area (Å²) in [5.41, 5.74) is 2.89. The highest BCUT2D eigenvalue weighted by atomic mass is 32.1. The van der Waals surface area contributed by atoms with Crippen molar-refractivity contribution in [2.75, 3.05) is 19.5 Å². The Hall–Kier alpha value is -3.39. The van der Waals surface area contributed by atoms with Crippen molar-refractivity contribution in [1.82, 2.24) is 14.8 Å². The number of aromatic nitrogens is 3. The number of nitrogens with one attached hydrogen (secondary N) is 1. The quantitative estimate of drug-likeness (QED) is 0.555. The summed E-state index contributed by atoms with van der Waals surface area (Å²) in [4.78, 5) is 17.1. The lowest BCUT2D eigenvalue weighted by Crippen LogP contribution is -2.24. The van der Waals surface area contributed by atoms with Gasteiger partial charge in [-0.15, -0.1) is 0 Å². The average molecular weight is 406 g/mol. The molecule has 3 heterocycles. The molecular formula is C21H18N4O3S. The summed E-state index contributed by atoms with van der Waals surface area (Å²) in [6.45, 7) is 0. The lowest BCUT2D eigenvalue weighted by Gasteiger charge is -2.23. The van der Waals surface area contributed by atoms with Crippen molar-refractivity contribution in [3.05, 3.63) is 59.8 Å². The molecule has 4 aromatic rings. The number of anilines is 1. The molecule has 8 heteroatoms. The number of hydrogen-bond donors (Lipinski definition) is 1. The van der Waals surface area contributed by atoms with Crippen LogP contribution in [0.15, 0.2) is 48.7 Å². The molecule has 1 amide bonds. The summed E-state index contributed by atoms with van der Waals surface area (Å²) in [7, 11) is 3.28. The summed E-state index contributed by atoms with van der Waals surface area (Å²) in [6, 6.07) is 13.6. The van der Waals surface area contributed by atoms with Gasteiger partial charge in [-0.1, -0.05) is 23.5 Å². The van der Waals surface area contributed by atoms with Crippen LogP contribution in [-0.2, 0) is 4.79 Å². The number of benzene rings is 2. The number of thiazole rings is 1. The normalized spacial score (nSPS) is 15.8. The third-order valence-electron chi connectivity index (χ3n) is 5.10. The maximum Gasteiger partial charge on any atom is 0.226 e. The number of carbonyl (C=O) groups excluding carboxylic acids is 1. The SMILES string of the molecule is COc1ccc(C2CC(=O)Nc3c2cnn3-c2nc3ccc(OC)cc3s2)cc1. The second kappa shape index (κ2) is 6.89. The van der Waals surface area contributed by atoms with Gasteiger partial charge in [-0.25, -0.2) is 4.98 Å². The highest BCUT2D eigenvalue weighted by molar-refractivity contribution is 7.20. The van der Waals surface area contributed by atoms with Crippen molar-refractivity contribution in [3.8, 4) is 16.6 Å². The maximum atomic E-state index is 12.5. The molecule has 1 unspecified atom stereocenters. The third kappa shape index (κ3) is 3.01. The second-order valence-corrected chi connectivity index (χ2v) is 7.78. The van der Waals surface area contributed by atoms with Crippen LogP contribution in [-0.4, -0.2) is 34.9 Å². The van der Waals surface area contributed by atoms with Crippen molar-refractivity contribution < 1.29 is 14.3 Å². The molecule has 0 bridgehead atoms. The monoisotopic (exact) mass is 406 g/mol. The maximum absolute atomic E-state index is 12.5. The number of amides is 1. The fourth-order valence-corrected chi connectivity index (χ4v) is 4.57. The minimum atomic E-state index is -0.0621. The van der Waals surface area contributed by atoms with Gasteiger partial charge < -0.3 is 14.8 Å². The second-order valence-electron chi connectivity index (χ2n) is 6.77. The van der Waals surface area contributed by atoms with Crippen LogP contribution in [0.25, 0.3) is 15.3 Å². The van der Waals surface area contributed by atoms with E-state index in [0.29, 0.717) is 17.4 Å². The number of fused-ring (bicyclic) bond motifs is 2. The minimum absolute atomic E-state index is 0.0390. The van der Waals surface area contributed by atoms with Crippen LogP contribution in [0.2, 0.25) is 0 Å². The summed E-state index contributed by atoms with van der Waals surface area (Å²) >= 11 is 1.50. The minimum Gasteiger partial charge on any atom is -0.497 e. The van der Waals surface area contributed by atoms with Crippen LogP contribution < -0.4 is 14.8 Å². The highest BCUT2D eigenvalue weighted by Crippen LogP contribution is 2.39. The van der Waals surface area contributed by atoms with Crippen molar-refractivity contribution in [2.45, 2.75) is 12.3 Å². The molecule has 2 aromatic heterocycles. The van der Waals surface area contributed by atoms with E-state index >= 15 is 0 Å². The Labute approximate surface area is 170 Å². The van der Waals surface area contributed by atoms with Crippen LogP contribution in [0, 0.1) is 0 Å². The van der Waals surface area contributed by atoms with Crippen LogP contribution in [0.5, 0.6) is 11.5 Å². The molecule has 1 atom stereocenters. The molecule has 2 aromatic carbocycles. The van der Waals surface area contributed by atoms with Gasteiger partial charge in [-0.2, -0.15) is 9.78 Å². The summed E-state index contributed by atoms with van der Waals surface area (Å²) in [6.07, 6.45) is 2.19. The lowest BCUT2D eigenvalue weighted by molar-refractivity contribution is -0.116. The first-order valence-corrected chi connectivity index (χ1v) is 9.94. The molecule has 0 saturated heterocycles. The summed E-state index contributed by atoms with van der Waals surface area (Å²) in [5, 5.41) is 8.22. The van der Waals surface area contributed by atoms with Gasteiger partial charge in [-0.05, 0) is 35.9 Å². The highest BCUT2D eigenvalue weighted by Gasteiger charge is 2.31. The van der Waals surface area contributed by atoms with Gasteiger partial charge in [0.25, 0.3) is 0 Å². The Morgan fingerprint density at radius 2 is 1.86 bits per heavy atom. The lowest BCUT2D eigenvalue weighted by atomic mass is 9.87. The van der Waals surface area contributed by atoms with Gasteiger partial charge in [-0.3, -0.25) is 4.79 Å². The fourth-order valence-electron chi connectivity index (χ4n) is 3.61. The average Bonchev–Trinajstić information content (AvgIpc) is 3.36. The Bertz CT molecular complexity index is 1210. The van der Waals surface area contributed by atoms with Gasteiger partial charge in [0.05, 0.1) is 30.6 Å². The van der Waals surface area contributed by atoms with Gasteiger partial charge in [0.1, 0.15) is 17.3 Å². The van der Waals surface area contributed by atoms with Crippen LogP contribution in [0.4, 0.5) is 5.82 Å². The van der Waals surface area contributed by atoms with E-state index < -0.39 is 0 Å². The van der Waals surface area contributed by atoms with E-state index in [1.165, 1.54) is 11.3 Å².